The molecule has 2 N–H and O–H groups in total. The molecule has 0 amide bonds. The van der Waals surface area contributed by atoms with E-state index in [-0.39, 0.29) is 0 Å². The molecule has 0 saturated carbocycles. The second-order valence-electron chi connectivity index (χ2n) is 3.45. The molecular weight excluding hydrogens is 184 g/mol. The van der Waals surface area contributed by atoms with Gasteiger partial charge in [-0.1, -0.05) is 37.3 Å². The third kappa shape index (κ3) is 1.84. The molecule has 0 aliphatic rings. The summed E-state index contributed by atoms with van der Waals surface area (Å²) in [5.74, 6) is 0. The van der Waals surface area contributed by atoms with Gasteiger partial charge in [0.15, 0.2) is 0 Å². The molecular formula is C13H14N2. The minimum atomic E-state index is 0.762. The lowest BCUT2D eigenvalue weighted by Crippen LogP contribution is -1.92. The van der Waals surface area contributed by atoms with Gasteiger partial charge in [-0.15, -0.1) is 0 Å². The maximum absolute atomic E-state index is 6.05. The van der Waals surface area contributed by atoms with Gasteiger partial charge < -0.3 is 5.73 Å². The molecule has 2 rings (SSSR count). The number of nitrogens with two attached hydrogens (primary N) is 1. The van der Waals surface area contributed by atoms with Gasteiger partial charge in [0.1, 0.15) is 0 Å². The van der Waals surface area contributed by atoms with Crippen LogP contribution in [0.4, 0.5) is 5.69 Å². The summed E-state index contributed by atoms with van der Waals surface area (Å²) in [7, 11) is 0. The second kappa shape index (κ2) is 4.13. The Hall–Kier alpha value is -1.83. The lowest BCUT2D eigenvalue weighted by atomic mass is 10.1. The van der Waals surface area contributed by atoms with Crippen LogP contribution in [0.15, 0.2) is 36.5 Å². The van der Waals surface area contributed by atoms with E-state index in [1.807, 2.05) is 30.3 Å². The van der Waals surface area contributed by atoms with Gasteiger partial charge >= 0.3 is 0 Å². The highest BCUT2D eigenvalue weighted by molar-refractivity contribution is 5.93. The number of pyridine rings is 1. The van der Waals surface area contributed by atoms with Crippen LogP contribution in [-0.4, -0.2) is 4.98 Å². The first-order valence-corrected chi connectivity index (χ1v) is 5.12. The summed E-state index contributed by atoms with van der Waals surface area (Å²) in [5, 5.41) is 1.09. The van der Waals surface area contributed by atoms with Gasteiger partial charge in [-0.05, 0) is 18.1 Å². The van der Waals surface area contributed by atoms with Crippen LogP contribution in [0.1, 0.15) is 18.9 Å². The summed E-state index contributed by atoms with van der Waals surface area (Å²) in [4.78, 5) is 4.29. The highest BCUT2D eigenvalue weighted by Crippen LogP contribution is 2.23. The fourth-order valence-corrected chi connectivity index (χ4v) is 1.57. The minimum absolute atomic E-state index is 0.762. The van der Waals surface area contributed by atoms with E-state index < -0.39 is 0 Å². The summed E-state index contributed by atoms with van der Waals surface area (Å²) in [5.41, 5.74) is 8.74. The summed E-state index contributed by atoms with van der Waals surface area (Å²) in [6.45, 7) is 2.10. The van der Waals surface area contributed by atoms with E-state index in [9.17, 15) is 0 Å². The van der Waals surface area contributed by atoms with Crippen LogP contribution in [-0.2, 0) is 0 Å². The van der Waals surface area contributed by atoms with Crippen molar-refractivity contribution in [1.29, 1.82) is 0 Å². The van der Waals surface area contributed by atoms with E-state index in [1.165, 1.54) is 0 Å². The average molecular weight is 198 g/mol. The summed E-state index contributed by atoms with van der Waals surface area (Å²) >= 11 is 0. The summed E-state index contributed by atoms with van der Waals surface area (Å²) in [6, 6.07) is 8.02. The third-order valence-electron chi connectivity index (χ3n) is 2.38. The van der Waals surface area contributed by atoms with Crippen molar-refractivity contribution >= 4 is 22.7 Å². The van der Waals surface area contributed by atoms with Gasteiger partial charge in [-0.25, -0.2) is 0 Å². The van der Waals surface area contributed by atoms with Gasteiger partial charge in [0.05, 0.1) is 11.2 Å². The Labute approximate surface area is 89.4 Å². The Morgan fingerprint density at radius 2 is 2.20 bits per heavy atom. The Balaban J connectivity index is 2.60. The van der Waals surface area contributed by atoms with Gasteiger partial charge in [0.2, 0.25) is 0 Å². The maximum atomic E-state index is 6.05. The fourth-order valence-electron chi connectivity index (χ4n) is 1.57. The van der Waals surface area contributed by atoms with E-state index in [4.69, 9.17) is 5.73 Å². The second-order valence-corrected chi connectivity index (χ2v) is 3.45. The molecule has 2 aromatic rings. The molecule has 0 saturated heterocycles. The number of allylic oxidation sites excluding steroid dienone is 1. The molecule has 0 atom stereocenters. The number of fused-ring (bicyclic) bond motifs is 1. The van der Waals surface area contributed by atoms with Crippen molar-refractivity contribution < 1.29 is 0 Å². The molecule has 0 fully saturated rings. The number of hydrogen-bond donors (Lipinski definition) is 1. The Kier molecular flexibility index (Phi) is 2.68. The number of anilines is 1. The van der Waals surface area contributed by atoms with Crippen molar-refractivity contribution in [2.45, 2.75) is 13.3 Å². The first kappa shape index (κ1) is 9.71. The van der Waals surface area contributed by atoms with Crippen LogP contribution < -0.4 is 5.73 Å². The van der Waals surface area contributed by atoms with E-state index in [2.05, 4.69) is 18.0 Å². The highest BCUT2D eigenvalue weighted by Gasteiger charge is 2.01. The Morgan fingerprint density at radius 3 is 3.00 bits per heavy atom. The van der Waals surface area contributed by atoms with Crippen LogP contribution in [0.2, 0.25) is 0 Å². The molecule has 76 valence electrons. The zero-order valence-electron chi connectivity index (χ0n) is 8.77. The number of aromatic nitrogens is 1. The lowest BCUT2D eigenvalue weighted by molar-refractivity contribution is 1.23. The number of nitrogens with zero attached hydrogens (tertiary/aromatic N) is 1. The normalized spacial score (nSPS) is 11.3. The quantitative estimate of drug-likeness (QED) is 0.752. The van der Waals surface area contributed by atoms with Crippen molar-refractivity contribution in [3.63, 3.8) is 0 Å². The molecule has 2 nitrogen and oxygen atoms in total. The summed E-state index contributed by atoms with van der Waals surface area (Å²) in [6.07, 6.45) is 6.93. The smallest absolute Gasteiger partial charge is 0.0937 e. The van der Waals surface area contributed by atoms with Gasteiger partial charge in [-0.2, -0.15) is 0 Å². The van der Waals surface area contributed by atoms with Crippen LogP contribution in [0.3, 0.4) is 0 Å². The van der Waals surface area contributed by atoms with Gasteiger partial charge in [0, 0.05) is 11.6 Å². The highest BCUT2D eigenvalue weighted by atomic mass is 14.7. The first-order chi connectivity index (χ1) is 7.33. The number of rotatable bonds is 2. The van der Waals surface area contributed by atoms with Crippen LogP contribution >= 0.6 is 0 Å². The molecule has 2 heteroatoms. The van der Waals surface area contributed by atoms with Crippen LogP contribution in [0, 0.1) is 0 Å². The van der Waals surface area contributed by atoms with E-state index in [0.717, 1.165) is 28.6 Å². The largest absolute Gasteiger partial charge is 0.396 e. The van der Waals surface area contributed by atoms with Crippen molar-refractivity contribution in [3.8, 4) is 0 Å². The third-order valence-corrected chi connectivity index (χ3v) is 2.38. The van der Waals surface area contributed by atoms with E-state index in [0.29, 0.717) is 0 Å². The molecule has 1 aromatic heterocycles. The van der Waals surface area contributed by atoms with Crippen molar-refractivity contribution in [1.82, 2.24) is 4.98 Å². The fraction of sp³-hybridized carbons (Fsp3) is 0.154. The Morgan fingerprint density at radius 1 is 1.33 bits per heavy atom. The SMILES string of the molecule is CC/C=C\c1ccc2cccnc2c1N. The predicted molar refractivity (Wildman–Crippen MR) is 65.5 cm³/mol. The zero-order valence-corrected chi connectivity index (χ0v) is 8.77. The van der Waals surface area contributed by atoms with E-state index in [1.54, 1.807) is 6.20 Å². The van der Waals surface area contributed by atoms with Crippen molar-refractivity contribution in [2.75, 3.05) is 5.73 Å². The van der Waals surface area contributed by atoms with Crippen molar-refractivity contribution in [2.24, 2.45) is 0 Å². The minimum Gasteiger partial charge on any atom is -0.396 e. The van der Waals surface area contributed by atoms with Gasteiger partial charge in [-0.3, -0.25) is 4.98 Å². The molecule has 0 aliphatic carbocycles. The zero-order chi connectivity index (χ0) is 10.7. The number of hydrogen-bond acceptors (Lipinski definition) is 2. The molecule has 1 heterocycles. The average Bonchev–Trinajstić information content (AvgIpc) is 2.29. The lowest BCUT2D eigenvalue weighted by Gasteiger charge is -2.04. The number of nitrogen functional groups attached to an aromatic ring is 1. The molecule has 1 aromatic carbocycles. The Bertz CT molecular complexity index is 501. The molecule has 15 heavy (non-hydrogen) atoms. The predicted octanol–water partition coefficient (Wildman–Crippen LogP) is 3.24. The number of benzene rings is 1. The molecule has 0 radical (unpaired) electrons. The maximum Gasteiger partial charge on any atom is 0.0937 e. The summed E-state index contributed by atoms with van der Waals surface area (Å²) < 4.78 is 0. The first-order valence-electron chi connectivity index (χ1n) is 5.12. The molecule has 0 bridgehead atoms. The van der Waals surface area contributed by atoms with Crippen molar-refractivity contribution in [3.05, 3.63) is 42.1 Å². The molecule has 0 unspecified atom stereocenters. The van der Waals surface area contributed by atoms with Crippen LogP contribution in [0.25, 0.3) is 17.0 Å². The topological polar surface area (TPSA) is 38.9 Å². The monoisotopic (exact) mass is 198 g/mol. The van der Waals surface area contributed by atoms with E-state index >= 15 is 0 Å². The molecule has 0 spiro atoms. The molecule has 0 aliphatic heterocycles. The van der Waals surface area contributed by atoms with Gasteiger partial charge in [0.25, 0.3) is 0 Å². The standard InChI is InChI=1S/C13H14N2/c1-2-3-5-10-7-8-11-6-4-9-15-13(11)12(10)14/h3-9H,2,14H2,1H3/b5-3-. The van der Waals surface area contributed by atoms with Crippen LogP contribution in [0.5, 0.6) is 0 Å².